The molecule has 0 radical (unpaired) electrons. The van der Waals surface area contributed by atoms with E-state index in [9.17, 15) is 5.11 Å². The average Bonchev–Trinajstić information content (AvgIpc) is 3.90. The van der Waals surface area contributed by atoms with Crippen molar-refractivity contribution in [1.29, 1.82) is 0 Å². The molecular weight excluding hydrogens is 873 g/mol. The van der Waals surface area contributed by atoms with E-state index in [1.807, 2.05) is 0 Å². The van der Waals surface area contributed by atoms with Gasteiger partial charge in [0, 0.05) is 38.7 Å². The van der Waals surface area contributed by atoms with Gasteiger partial charge in [0.2, 0.25) is 0 Å². The molecule has 10 fully saturated rings. The normalized spacial score (nSPS) is 46.0. The molecule has 10 aliphatic rings. The molecule has 10 aliphatic heterocycles. The second-order valence-corrected chi connectivity index (χ2v) is 34.9. The van der Waals surface area contributed by atoms with Gasteiger partial charge < -0.3 is 56.6 Å². The fraction of sp³-hybridized carbons (Fsp3) is 0.923. The third kappa shape index (κ3) is 9.98. The molecule has 1 N–H and O–H groups in total. The maximum atomic E-state index is 12.3. The van der Waals surface area contributed by atoms with Crippen molar-refractivity contribution in [3.05, 3.63) is 24.3 Å². The maximum Gasteiger partial charge on any atom is 0.192 e. The Morgan fingerprint density at radius 3 is 2.09 bits per heavy atom. The first kappa shape index (κ1) is 50.4. The number of methoxy groups -OCH3 is 1. The van der Waals surface area contributed by atoms with Crippen LogP contribution in [0.4, 0.5) is 0 Å². The van der Waals surface area contributed by atoms with E-state index >= 15 is 0 Å². The largest absolute Gasteiger partial charge is 0.414 e. The van der Waals surface area contributed by atoms with Gasteiger partial charge in [-0.1, -0.05) is 61.6 Å². The van der Waals surface area contributed by atoms with E-state index in [1.54, 1.807) is 7.11 Å². The number of hydrogen-bond acceptors (Lipinski definition) is 12. The summed E-state index contributed by atoms with van der Waals surface area (Å²) in [7, 11) is -2.50. The molecule has 0 amide bonds. The SMILES string of the molecule is C=C1C[C@@H]2CC[C@@]34CC5O[C@H]6[C@@H](O3)[C@H]3O[C@H](CC[C@@H]3O[C@H]6[C@H]5O4)CC(O)CC3C(CC4O[C@@H](CCC1O2)C[C@@H](C)C4=C)OC(C[C@@H](CO[Si](C)(C)C(C)(C)C)O[Si](C)(C)C(C)(C)C)[C@@H]3OC. The van der Waals surface area contributed by atoms with E-state index in [4.69, 9.17) is 51.5 Å². The maximum absolute atomic E-state index is 12.3. The van der Waals surface area contributed by atoms with Crippen molar-refractivity contribution < 1.29 is 56.6 Å². The lowest BCUT2D eigenvalue weighted by molar-refractivity contribution is -0.294. The van der Waals surface area contributed by atoms with Gasteiger partial charge in [-0.25, -0.2) is 0 Å². The first-order chi connectivity index (χ1) is 30.9. The molecule has 0 aromatic rings. The number of fused-ring (bicyclic) bond motifs is 6. The summed E-state index contributed by atoms with van der Waals surface area (Å²) in [5.74, 6) is -0.571. The molecule has 0 aromatic heterocycles. The summed E-state index contributed by atoms with van der Waals surface area (Å²) < 4.78 is 76.3. The topological polar surface area (TPSA) is 122 Å². The molecule has 10 saturated heterocycles. The van der Waals surface area contributed by atoms with Crippen LogP contribution in [0.3, 0.4) is 0 Å². The number of aliphatic hydroxyl groups excluding tert-OH is 1. The van der Waals surface area contributed by atoms with Gasteiger partial charge in [-0.2, -0.15) is 0 Å². The number of rotatable bonds is 8. The highest BCUT2D eigenvalue weighted by molar-refractivity contribution is 6.74. The van der Waals surface area contributed by atoms with Gasteiger partial charge in [0.1, 0.15) is 30.5 Å². The minimum Gasteiger partial charge on any atom is -0.414 e. The Kier molecular flexibility index (Phi) is 14.4. The predicted octanol–water partition coefficient (Wildman–Crippen LogP) is 9.32. The van der Waals surface area contributed by atoms with Gasteiger partial charge in [0.05, 0.1) is 79.9 Å². The van der Waals surface area contributed by atoms with Crippen LogP contribution >= 0.6 is 0 Å². The first-order valence-electron chi connectivity index (χ1n) is 26.1. The zero-order valence-electron chi connectivity index (χ0n) is 42.7. The van der Waals surface area contributed by atoms with E-state index in [0.29, 0.717) is 44.6 Å². The van der Waals surface area contributed by atoms with Gasteiger partial charge in [0.15, 0.2) is 22.4 Å². The first-order valence-corrected chi connectivity index (χ1v) is 31.9. The summed E-state index contributed by atoms with van der Waals surface area (Å²) in [6.45, 7) is 34.9. The number of ether oxygens (including phenoxy) is 9. The van der Waals surface area contributed by atoms with Crippen LogP contribution in [-0.4, -0.2) is 145 Å². The highest BCUT2D eigenvalue weighted by Crippen LogP contribution is 2.55. The molecule has 376 valence electrons. The van der Waals surface area contributed by atoms with Crippen LogP contribution in [0.2, 0.25) is 36.3 Å². The van der Waals surface area contributed by atoms with Crippen molar-refractivity contribution in [2.45, 2.75) is 278 Å². The molecule has 7 unspecified atom stereocenters. The van der Waals surface area contributed by atoms with Crippen molar-refractivity contribution in [3.8, 4) is 0 Å². The molecule has 10 heterocycles. The average molecular weight is 961 g/mol. The Balaban J connectivity index is 0.991. The van der Waals surface area contributed by atoms with E-state index in [-0.39, 0.29) is 114 Å². The minimum atomic E-state index is -2.21. The summed E-state index contributed by atoms with van der Waals surface area (Å²) in [4.78, 5) is 0. The Hall–Kier alpha value is -0.566. The lowest BCUT2D eigenvalue weighted by Crippen LogP contribution is -2.61. The van der Waals surface area contributed by atoms with Gasteiger partial charge in [-0.05, 0) is 111 Å². The second kappa shape index (κ2) is 18.8. The quantitative estimate of drug-likeness (QED) is 0.184. The Labute approximate surface area is 399 Å². The van der Waals surface area contributed by atoms with Crippen molar-refractivity contribution in [2.24, 2.45) is 11.8 Å². The van der Waals surface area contributed by atoms with Crippen molar-refractivity contribution in [3.63, 3.8) is 0 Å². The van der Waals surface area contributed by atoms with Crippen LogP contribution < -0.4 is 0 Å². The van der Waals surface area contributed by atoms with Gasteiger partial charge in [0.25, 0.3) is 0 Å². The molecule has 20 atom stereocenters. The van der Waals surface area contributed by atoms with E-state index in [1.165, 1.54) is 0 Å². The molecule has 0 aromatic carbocycles. The van der Waals surface area contributed by atoms with Crippen LogP contribution in [0.25, 0.3) is 0 Å². The summed E-state index contributed by atoms with van der Waals surface area (Å²) in [5.41, 5.74) is 2.28. The smallest absolute Gasteiger partial charge is 0.192 e. The van der Waals surface area contributed by atoms with Crippen LogP contribution in [0, 0.1) is 11.8 Å². The minimum absolute atomic E-state index is 0.00779. The molecular formula is C52H88O12Si2. The predicted molar refractivity (Wildman–Crippen MR) is 257 cm³/mol. The molecule has 0 aliphatic carbocycles. The Morgan fingerprint density at radius 1 is 0.697 bits per heavy atom. The monoisotopic (exact) mass is 961 g/mol. The van der Waals surface area contributed by atoms with E-state index in [2.05, 4.69) is 87.8 Å². The highest BCUT2D eigenvalue weighted by Gasteiger charge is 2.69. The fourth-order valence-corrected chi connectivity index (χ4v) is 15.0. The van der Waals surface area contributed by atoms with Crippen molar-refractivity contribution in [2.75, 3.05) is 13.7 Å². The summed E-state index contributed by atoms with van der Waals surface area (Å²) >= 11 is 0. The molecule has 1 spiro atoms. The van der Waals surface area contributed by atoms with Crippen LogP contribution in [0.1, 0.15) is 132 Å². The van der Waals surface area contributed by atoms with E-state index < -0.39 is 28.5 Å². The fourth-order valence-electron chi connectivity index (χ4n) is 12.6. The Bertz CT molecular complexity index is 1750. The van der Waals surface area contributed by atoms with E-state index in [0.717, 1.165) is 62.5 Å². The lowest BCUT2D eigenvalue weighted by atomic mass is 9.81. The zero-order chi connectivity index (χ0) is 47.3. The van der Waals surface area contributed by atoms with Crippen LogP contribution in [0.5, 0.6) is 0 Å². The molecule has 12 nitrogen and oxygen atoms in total. The summed E-state index contributed by atoms with van der Waals surface area (Å²) in [5, 5.41) is 12.3. The Morgan fingerprint density at radius 2 is 1.36 bits per heavy atom. The van der Waals surface area contributed by atoms with Crippen molar-refractivity contribution >= 4 is 16.6 Å². The number of hydrogen-bond donors (Lipinski definition) is 1. The highest BCUT2D eigenvalue weighted by atomic mass is 28.4. The molecule has 14 heteroatoms. The van der Waals surface area contributed by atoms with Crippen LogP contribution in [-0.2, 0) is 51.5 Å². The molecule has 0 saturated carbocycles. The summed E-state index contributed by atoms with van der Waals surface area (Å²) in [6.07, 6.45) is 6.48. The van der Waals surface area contributed by atoms with Gasteiger partial charge in [-0.15, -0.1) is 0 Å². The summed E-state index contributed by atoms with van der Waals surface area (Å²) in [6, 6.07) is 0. The third-order valence-corrected chi connectivity index (χ3v) is 27.6. The third-order valence-electron chi connectivity index (χ3n) is 18.6. The second-order valence-electron chi connectivity index (χ2n) is 25.3. The lowest BCUT2D eigenvalue weighted by Gasteiger charge is -2.47. The zero-order valence-corrected chi connectivity index (χ0v) is 44.7. The van der Waals surface area contributed by atoms with Gasteiger partial charge >= 0.3 is 0 Å². The number of aliphatic hydroxyl groups is 1. The van der Waals surface area contributed by atoms with Crippen molar-refractivity contribution in [1.82, 2.24) is 0 Å². The molecule has 12 bridgehead atoms. The standard InChI is InChI=1S/C52H88O12Si2/c1-29-21-33-15-17-38-30(2)22-35(56-38)19-20-52-27-43-46(62-52)47-48(61-43)49(63-52)45-39(60-47)18-16-34(58-45)23-32(53)24-37-41(26-40(57-33)31(29)3)59-42(44(37)54-10)25-36(64-66(13,14)51(7,8)9)28-55-65(11,12)50(4,5)6/h29,32-49,53H,2-3,15-28H2,1,4-14H3/t29-,32?,33+,34-,35+,36+,37?,38?,39+,40?,41?,42?,43?,44-,45+,46+,47+,48-,49+,52+/m1/s1. The molecule has 66 heavy (non-hydrogen) atoms. The van der Waals surface area contributed by atoms with Crippen LogP contribution in [0.15, 0.2) is 24.3 Å². The molecule has 10 rings (SSSR count). The van der Waals surface area contributed by atoms with Gasteiger partial charge in [-0.3, -0.25) is 0 Å².